The van der Waals surface area contributed by atoms with Crippen LogP contribution in [0.2, 0.25) is 0 Å². The highest BCUT2D eigenvalue weighted by molar-refractivity contribution is 7.80. The number of rotatable bonds is 5. The van der Waals surface area contributed by atoms with Gasteiger partial charge in [0.15, 0.2) is 0 Å². The molecule has 1 atom stereocenters. The predicted molar refractivity (Wildman–Crippen MR) is 81.7 cm³/mol. The van der Waals surface area contributed by atoms with Gasteiger partial charge in [0.2, 0.25) is 0 Å². The summed E-state index contributed by atoms with van der Waals surface area (Å²) in [5, 5.41) is 2.92. The van der Waals surface area contributed by atoms with Crippen LogP contribution in [0, 0.1) is 0 Å². The first-order valence-corrected chi connectivity index (χ1v) is 6.70. The van der Waals surface area contributed by atoms with Crippen molar-refractivity contribution in [3.05, 3.63) is 59.5 Å². The maximum absolute atomic E-state index is 12.1. The van der Waals surface area contributed by atoms with Crippen molar-refractivity contribution in [2.24, 2.45) is 5.73 Å². The SMILES string of the molecule is C[C@@H](Cc1ccco1)NC(=O)c1ccc(C(N)=S)cc1. The Morgan fingerprint density at radius 2 is 1.95 bits per heavy atom. The van der Waals surface area contributed by atoms with Crippen LogP contribution in [-0.4, -0.2) is 16.9 Å². The summed E-state index contributed by atoms with van der Waals surface area (Å²) in [6, 6.07) is 10.6. The van der Waals surface area contributed by atoms with Crippen molar-refractivity contribution in [2.75, 3.05) is 0 Å². The van der Waals surface area contributed by atoms with Gasteiger partial charge in [-0.2, -0.15) is 0 Å². The molecular weight excluding hydrogens is 272 g/mol. The van der Waals surface area contributed by atoms with E-state index in [9.17, 15) is 4.79 Å². The standard InChI is InChI=1S/C15H16N2O2S/c1-10(9-13-3-2-8-19-13)17-15(18)12-6-4-11(5-7-12)14(16)20/h2-8,10H,9H2,1H3,(H2,16,20)(H,17,18)/t10-/m0/s1. The van der Waals surface area contributed by atoms with E-state index >= 15 is 0 Å². The summed E-state index contributed by atoms with van der Waals surface area (Å²) in [4.78, 5) is 12.4. The fourth-order valence-corrected chi connectivity index (χ4v) is 2.01. The third-order valence-corrected chi connectivity index (χ3v) is 3.13. The van der Waals surface area contributed by atoms with E-state index in [2.05, 4.69) is 5.32 Å². The second-order valence-corrected chi connectivity index (χ2v) is 5.04. The van der Waals surface area contributed by atoms with Gasteiger partial charge in [-0.15, -0.1) is 0 Å². The summed E-state index contributed by atoms with van der Waals surface area (Å²) in [6.45, 7) is 1.93. The number of thiocarbonyl (C=S) groups is 1. The summed E-state index contributed by atoms with van der Waals surface area (Å²) in [5.74, 6) is 0.722. The number of furan rings is 1. The minimum Gasteiger partial charge on any atom is -0.469 e. The average Bonchev–Trinajstić information content (AvgIpc) is 2.91. The first kappa shape index (κ1) is 14.3. The maximum Gasteiger partial charge on any atom is 0.251 e. The smallest absolute Gasteiger partial charge is 0.251 e. The Balaban J connectivity index is 1.95. The lowest BCUT2D eigenvalue weighted by Gasteiger charge is -2.12. The quantitative estimate of drug-likeness (QED) is 0.828. The van der Waals surface area contributed by atoms with E-state index in [4.69, 9.17) is 22.4 Å². The molecule has 5 heteroatoms. The Morgan fingerprint density at radius 1 is 1.30 bits per heavy atom. The molecule has 1 heterocycles. The van der Waals surface area contributed by atoms with Gasteiger partial charge in [0.1, 0.15) is 10.7 Å². The molecule has 2 rings (SSSR count). The number of carbonyl (C=O) groups excluding carboxylic acids is 1. The lowest BCUT2D eigenvalue weighted by atomic mass is 10.1. The van der Waals surface area contributed by atoms with Gasteiger partial charge < -0.3 is 15.5 Å². The number of amides is 1. The topological polar surface area (TPSA) is 68.3 Å². The molecule has 0 spiro atoms. The van der Waals surface area contributed by atoms with Crippen molar-refractivity contribution in [2.45, 2.75) is 19.4 Å². The zero-order valence-corrected chi connectivity index (χ0v) is 11.9. The maximum atomic E-state index is 12.1. The molecule has 0 unspecified atom stereocenters. The lowest BCUT2D eigenvalue weighted by molar-refractivity contribution is 0.0939. The molecule has 104 valence electrons. The molecule has 0 saturated carbocycles. The number of nitrogens with one attached hydrogen (secondary N) is 1. The van der Waals surface area contributed by atoms with Crippen LogP contribution in [0.25, 0.3) is 0 Å². The van der Waals surface area contributed by atoms with E-state index in [1.165, 1.54) is 0 Å². The van der Waals surface area contributed by atoms with Gasteiger partial charge >= 0.3 is 0 Å². The van der Waals surface area contributed by atoms with E-state index in [-0.39, 0.29) is 11.9 Å². The number of benzene rings is 1. The second kappa shape index (κ2) is 6.34. The number of carbonyl (C=O) groups is 1. The van der Waals surface area contributed by atoms with Crippen LogP contribution in [0.4, 0.5) is 0 Å². The van der Waals surface area contributed by atoms with Crippen LogP contribution in [0.1, 0.15) is 28.6 Å². The van der Waals surface area contributed by atoms with Crippen molar-refractivity contribution in [3.8, 4) is 0 Å². The Labute approximate surface area is 123 Å². The zero-order valence-electron chi connectivity index (χ0n) is 11.1. The number of hydrogen-bond donors (Lipinski definition) is 2. The Bertz CT molecular complexity index is 591. The fourth-order valence-electron chi connectivity index (χ4n) is 1.87. The molecule has 0 fully saturated rings. The van der Waals surface area contributed by atoms with Gasteiger partial charge in [-0.3, -0.25) is 4.79 Å². The Hall–Kier alpha value is -2.14. The Morgan fingerprint density at radius 3 is 2.50 bits per heavy atom. The number of nitrogens with two attached hydrogens (primary N) is 1. The van der Waals surface area contributed by atoms with Gasteiger partial charge in [0.05, 0.1) is 6.26 Å². The van der Waals surface area contributed by atoms with Crippen LogP contribution in [0.5, 0.6) is 0 Å². The highest BCUT2D eigenvalue weighted by Gasteiger charge is 2.11. The molecule has 1 aromatic heterocycles. The summed E-state index contributed by atoms with van der Waals surface area (Å²) >= 11 is 4.87. The van der Waals surface area contributed by atoms with Gasteiger partial charge in [0.25, 0.3) is 5.91 Å². The van der Waals surface area contributed by atoms with Gasteiger partial charge in [-0.1, -0.05) is 24.4 Å². The van der Waals surface area contributed by atoms with E-state index in [0.29, 0.717) is 17.0 Å². The van der Waals surface area contributed by atoms with Crippen LogP contribution in [0.15, 0.2) is 47.1 Å². The van der Waals surface area contributed by atoms with Crippen molar-refractivity contribution < 1.29 is 9.21 Å². The summed E-state index contributed by atoms with van der Waals surface area (Å²) in [6.07, 6.45) is 2.28. The normalized spacial score (nSPS) is 11.8. The van der Waals surface area contributed by atoms with E-state index in [1.54, 1.807) is 30.5 Å². The van der Waals surface area contributed by atoms with Gasteiger partial charge in [-0.05, 0) is 31.2 Å². The van der Waals surface area contributed by atoms with E-state index < -0.39 is 0 Å². The third kappa shape index (κ3) is 3.68. The fraction of sp³-hybridized carbons (Fsp3) is 0.200. The largest absolute Gasteiger partial charge is 0.469 e. The van der Waals surface area contributed by atoms with Gasteiger partial charge in [0, 0.05) is 23.6 Å². The summed E-state index contributed by atoms with van der Waals surface area (Å²) < 4.78 is 5.25. The molecule has 0 radical (unpaired) electrons. The molecular formula is C15H16N2O2S. The molecule has 3 N–H and O–H groups in total. The first-order chi connectivity index (χ1) is 9.56. The Kier molecular flexibility index (Phi) is 4.53. The van der Waals surface area contributed by atoms with Crippen LogP contribution >= 0.6 is 12.2 Å². The van der Waals surface area contributed by atoms with Crippen LogP contribution in [-0.2, 0) is 6.42 Å². The van der Waals surface area contributed by atoms with Crippen molar-refractivity contribution in [1.29, 1.82) is 0 Å². The van der Waals surface area contributed by atoms with Gasteiger partial charge in [-0.25, -0.2) is 0 Å². The molecule has 0 saturated heterocycles. The van der Waals surface area contributed by atoms with Crippen molar-refractivity contribution in [1.82, 2.24) is 5.32 Å². The number of hydrogen-bond acceptors (Lipinski definition) is 3. The van der Waals surface area contributed by atoms with Crippen LogP contribution < -0.4 is 11.1 Å². The molecule has 0 bridgehead atoms. The molecule has 0 aliphatic heterocycles. The van der Waals surface area contributed by atoms with Crippen LogP contribution in [0.3, 0.4) is 0 Å². The second-order valence-electron chi connectivity index (χ2n) is 4.60. The minimum absolute atomic E-state index is 0.0103. The van der Waals surface area contributed by atoms with Crippen molar-refractivity contribution >= 4 is 23.1 Å². The predicted octanol–water partition coefficient (Wildman–Crippen LogP) is 2.27. The molecule has 20 heavy (non-hydrogen) atoms. The minimum atomic E-state index is -0.126. The molecule has 2 aromatic rings. The summed E-state index contributed by atoms with van der Waals surface area (Å²) in [7, 11) is 0. The highest BCUT2D eigenvalue weighted by atomic mass is 32.1. The highest BCUT2D eigenvalue weighted by Crippen LogP contribution is 2.07. The molecule has 0 aliphatic rings. The lowest BCUT2D eigenvalue weighted by Crippen LogP contribution is -2.34. The molecule has 1 amide bonds. The van der Waals surface area contributed by atoms with Crippen molar-refractivity contribution in [3.63, 3.8) is 0 Å². The molecule has 4 nitrogen and oxygen atoms in total. The third-order valence-electron chi connectivity index (χ3n) is 2.90. The van der Waals surface area contributed by atoms with E-state index in [1.807, 2.05) is 19.1 Å². The van der Waals surface area contributed by atoms with E-state index in [0.717, 1.165) is 11.3 Å². The molecule has 1 aromatic carbocycles. The monoisotopic (exact) mass is 288 g/mol. The summed E-state index contributed by atoms with van der Waals surface area (Å²) in [5.41, 5.74) is 6.85. The molecule has 0 aliphatic carbocycles. The average molecular weight is 288 g/mol. The first-order valence-electron chi connectivity index (χ1n) is 6.29. The zero-order chi connectivity index (χ0) is 14.5.